The highest BCUT2D eigenvalue weighted by atomic mass is 32.2. The molecule has 0 bridgehead atoms. The Bertz CT molecular complexity index is 523. The summed E-state index contributed by atoms with van der Waals surface area (Å²) in [7, 11) is 0. The van der Waals surface area contributed by atoms with Crippen molar-refractivity contribution in [2.24, 2.45) is 0 Å². The summed E-state index contributed by atoms with van der Waals surface area (Å²) in [5.41, 5.74) is -0.104. The fraction of sp³-hybridized carbons (Fsp3) is 0.579. The molecule has 0 heterocycles. The molecule has 0 radical (unpaired) electrons. The standard InChI is InChI=1S/C19H29NO3S/c1-4-6-10-13-18(3,19(5-2,17(22)23)20-15-21)24-14-16-11-8-7-9-12-16/h7-9,11-12,15H,4-6,10,13-14H2,1-3H3,(H,20,21)(H,22,23). The molecule has 0 aliphatic rings. The Morgan fingerprint density at radius 1 is 1.25 bits per heavy atom. The predicted octanol–water partition coefficient (Wildman–Crippen LogP) is 4.24. The maximum atomic E-state index is 12.1. The minimum absolute atomic E-state index is 0.353. The second-order valence-electron chi connectivity index (χ2n) is 6.29. The molecule has 5 heteroatoms. The van der Waals surface area contributed by atoms with Crippen LogP contribution in [0.15, 0.2) is 30.3 Å². The first kappa shape index (κ1) is 20.6. The molecule has 1 aromatic rings. The van der Waals surface area contributed by atoms with E-state index >= 15 is 0 Å². The lowest BCUT2D eigenvalue weighted by molar-refractivity contribution is -0.148. The van der Waals surface area contributed by atoms with Crippen LogP contribution in [-0.4, -0.2) is 27.8 Å². The van der Waals surface area contributed by atoms with E-state index < -0.39 is 16.3 Å². The van der Waals surface area contributed by atoms with Gasteiger partial charge in [0.05, 0.1) is 0 Å². The summed E-state index contributed by atoms with van der Waals surface area (Å²) in [6.07, 6.45) is 4.71. The molecule has 0 aliphatic heterocycles. The Hall–Kier alpha value is -1.49. The largest absolute Gasteiger partial charge is 0.479 e. The quantitative estimate of drug-likeness (QED) is 0.437. The van der Waals surface area contributed by atoms with E-state index in [4.69, 9.17) is 0 Å². The Balaban J connectivity index is 3.09. The minimum Gasteiger partial charge on any atom is -0.479 e. The molecule has 24 heavy (non-hydrogen) atoms. The highest BCUT2D eigenvalue weighted by Crippen LogP contribution is 2.44. The van der Waals surface area contributed by atoms with Crippen molar-refractivity contribution in [3.05, 3.63) is 35.9 Å². The van der Waals surface area contributed by atoms with Gasteiger partial charge in [-0.05, 0) is 25.3 Å². The average Bonchev–Trinajstić information content (AvgIpc) is 2.58. The Labute approximate surface area is 149 Å². The van der Waals surface area contributed by atoms with Crippen molar-refractivity contribution in [3.63, 3.8) is 0 Å². The summed E-state index contributed by atoms with van der Waals surface area (Å²) in [6.45, 7) is 5.93. The molecule has 134 valence electrons. The zero-order chi connectivity index (χ0) is 18.1. The third-order valence-electron chi connectivity index (χ3n) is 4.76. The normalized spacial score (nSPS) is 16.0. The SMILES string of the molecule is CCCCCC(C)(SCc1ccccc1)C(CC)(NC=O)C(=O)O. The fourth-order valence-electron chi connectivity index (χ4n) is 3.11. The molecule has 2 atom stereocenters. The Kier molecular flexibility index (Phi) is 8.32. The molecule has 0 aliphatic carbocycles. The van der Waals surface area contributed by atoms with Crippen molar-refractivity contribution >= 4 is 24.1 Å². The number of aliphatic carboxylic acids is 1. The van der Waals surface area contributed by atoms with E-state index in [1.54, 1.807) is 11.8 Å². The third kappa shape index (κ3) is 4.76. The van der Waals surface area contributed by atoms with Crippen molar-refractivity contribution in [2.75, 3.05) is 0 Å². The van der Waals surface area contributed by atoms with Gasteiger partial charge in [0, 0.05) is 10.5 Å². The number of amides is 1. The molecule has 4 nitrogen and oxygen atoms in total. The maximum Gasteiger partial charge on any atom is 0.330 e. The van der Waals surface area contributed by atoms with Gasteiger partial charge in [0.2, 0.25) is 6.41 Å². The number of carboxylic acid groups (broad SMARTS) is 1. The van der Waals surface area contributed by atoms with Crippen LogP contribution in [0.5, 0.6) is 0 Å². The molecule has 0 aromatic heterocycles. The third-order valence-corrected chi connectivity index (χ3v) is 6.43. The van der Waals surface area contributed by atoms with Gasteiger partial charge in [-0.25, -0.2) is 4.79 Å². The zero-order valence-electron chi connectivity index (χ0n) is 14.9. The van der Waals surface area contributed by atoms with E-state index in [0.717, 1.165) is 37.0 Å². The van der Waals surface area contributed by atoms with E-state index in [2.05, 4.69) is 12.2 Å². The summed E-state index contributed by atoms with van der Waals surface area (Å²) in [6, 6.07) is 10.0. The van der Waals surface area contributed by atoms with Gasteiger partial charge < -0.3 is 10.4 Å². The van der Waals surface area contributed by atoms with Crippen molar-refractivity contribution < 1.29 is 14.7 Å². The lowest BCUT2D eigenvalue weighted by atomic mass is 9.78. The van der Waals surface area contributed by atoms with Crippen LogP contribution >= 0.6 is 11.8 Å². The first-order valence-corrected chi connectivity index (χ1v) is 9.57. The molecule has 0 saturated carbocycles. The second kappa shape index (κ2) is 9.72. The topological polar surface area (TPSA) is 66.4 Å². The number of hydrogen-bond acceptors (Lipinski definition) is 3. The van der Waals surface area contributed by atoms with E-state index in [1.165, 1.54) is 0 Å². The maximum absolute atomic E-state index is 12.1. The number of carbonyl (C=O) groups is 2. The molecule has 2 unspecified atom stereocenters. The van der Waals surface area contributed by atoms with Crippen LogP contribution in [0.3, 0.4) is 0 Å². The molecular weight excluding hydrogens is 322 g/mol. The molecule has 0 saturated heterocycles. The van der Waals surface area contributed by atoms with E-state index in [0.29, 0.717) is 12.8 Å². The number of carbonyl (C=O) groups excluding carboxylic acids is 1. The molecule has 2 N–H and O–H groups in total. The summed E-state index contributed by atoms with van der Waals surface area (Å²) >= 11 is 1.62. The average molecular weight is 352 g/mol. The van der Waals surface area contributed by atoms with Crippen molar-refractivity contribution in [2.45, 2.75) is 68.9 Å². The highest BCUT2D eigenvalue weighted by molar-refractivity contribution is 8.00. The summed E-state index contributed by atoms with van der Waals surface area (Å²) in [5.74, 6) is -0.240. The van der Waals surface area contributed by atoms with Crippen LogP contribution in [0.25, 0.3) is 0 Å². The number of thioether (sulfide) groups is 1. The molecule has 1 rings (SSSR count). The number of hydrogen-bond donors (Lipinski definition) is 2. The van der Waals surface area contributed by atoms with Crippen molar-refractivity contribution in [1.29, 1.82) is 0 Å². The molecule has 1 aromatic carbocycles. The fourth-order valence-corrected chi connectivity index (χ4v) is 4.61. The first-order valence-electron chi connectivity index (χ1n) is 8.58. The van der Waals surface area contributed by atoms with Crippen LogP contribution in [0.4, 0.5) is 0 Å². The van der Waals surface area contributed by atoms with Gasteiger partial charge in [0.25, 0.3) is 0 Å². The molecular formula is C19H29NO3S. The predicted molar refractivity (Wildman–Crippen MR) is 100 cm³/mol. The summed E-state index contributed by atoms with van der Waals surface area (Å²) in [4.78, 5) is 23.2. The summed E-state index contributed by atoms with van der Waals surface area (Å²) in [5, 5.41) is 12.6. The van der Waals surface area contributed by atoms with Crippen LogP contribution < -0.4 is 5.32 Å². The van der Waals surface area contributed by atoms with E-state index in [-0.39, 0.29) is 0 Å². The Morgan fingerprint density at radius 3 is 2.42 bits per heavy atom. The van der Waals surface area contributed by atoms with Crippen molar-refractivity contribution in [3.8, 4) is 0 Å². The Morgan fingerprint density at radius 2 is 1.92 bits per heavy atom. The first-order chi connectivity index (χ1) is 11.5. The van der Waals surface area contributed by atoms with Crippen LogP contribution in [0, 0.1) is 0 Å². The number of nitrogens with one attached hydrogen (secondary N) is 1. The van der Waals surface area contributed by atoms with Gasteiger partial charge in [-0.1, -0.05) is 63.4 Å². The second-order valence-corrected chi connectivity index (χ2v) is 7.77. The van der Waals surface area contributed by atoms with Crippen molar-refractivity contribution in [1.82, 2.24) is 5.32 Å². The number of unbranched alkanes of at least 4 members (excludes halogenated alkanes) is 2. The van der Waals surface area contributed by atoms with Gasteiger partial charge in [0.15, 0.2) is 5.54 Å². The van der Waals surface area contributed by atoms with Gasteiger partial charge in [0.1, 0.15) is 0 Å². The zero-order valence-corrected chi connectivity index (χ0v) is 15.7. The molecule has 0 fully saturated rings. The number of carboxylic acids is 1. The van der Waals surface area contributed by atoms with Gasteiger partial charge in [-0.15, -0.1) is 11.8 Å². The molecule has 0 spiro atoms. The van der Waals surface area contributed by atoms with Crippen LogP contribution in [-0.2, 0) is 15.3 Å². The number of benzene rings is 1. The van der Waals surface area contributed by atoms with Gasteiger partial charge in [-0.3, -0.25) is 4.79 Å². The molecule has 1 amide bonds. The number of rotatable bonds is 12. The minimum atomic E-state index is -1.26. The smallest absolute Gasteiger partial charge is 0.330 e. The van der Waals surface area contributed by atoms with E-state index in [1.807, 2.05) is 44.2 Å². The van der Waals surface area contributed by atoms with Crippen LogP contribution in [0.2, 0.25) is 0 Å². The summed E-state index contributed by atoms with van der Waals surface area (Å²) < 4.78 is -0.584. The van der Waals surface area contributed by atoms with Gasteiger partial charge >= 0.3 is 5.97 Å². The van der Waals surface area contributed by atoms with E-state index in [9.17, 15) is 14.7 Å². The monoisotopic (exact) mass is 351 g/mol. The lowest BCUT2D eigenvalue weighted by Gasteiger charge is -2.45. The lowest BCUT2D eigenvalue weighted by Crippen LogP contribution is -2.64. The van der Waals surface area contributed by atoms with Gasteiger partial charge in [-0.2, -0.15) is 0 Å². The van der Waals surface area contributed by atoms with Crippen LogP contribution in [0.1, 0.15) is 58.4 Å². The highest BCUT2D eigenvalue weighted by Gasteiger charge is 2.52.